The molecule has 0 spiro atoms. The van der Waals surface area contributed by atoms with Gasteiger partial charge in [-0.3, -0.25) is 4.79 Å². The molecule has 0 saturated heterocycles. The highest BCUT2D eigenvalue weighted by atomic mass is 16.3. The molecule has 0 aliphatic heterocycles. The van der Waals surface area contributed by atoms with Gasteiger partial charge in [0.15, 0.2) is 5.75 Å². The number of hydrogen-bond acceptors (Lipinski definition) is 3. The minimum atomic E-state index is -0.287. The first-order valence-corrected chi connectivity index (χ1v) is 5.41. The maximum Gasteiger partial charge on any atom is 0.255 e. The SMILES string of the molecule is CCC(C)CNC(=O)c1cccc(N)c1O. The van der Waals surface area contributed by atoms with Gasteiger partial charge in [-0.1, -0.05) is 26.3 Å². The molecule has 4 N–H and O–H groups in total. The van der Waals surface area contributed by atoms with Crippen LogP contribution in [0, 0.1) is 5.92 Å². The van der Waals surface area contributed by atoms with E-state index in [0.29, 0.717) is 12.5 Å². The first-order valence-electron chi connectivity index (χ1n) is 5.41. The minimum absolute atomic E-state index is 0.149. The summed E-state index contributed by atoms with van der Waals surface area (Å²) in [4.78, 5) is 11.7. The third-order valence-electron chi connectivity index (χ3n) is 2.62. The molecule has 4 nitrogen and oxygen atoms in total. The van der Waals surface area contributed by atoms with Crippen LogP contribution in [-0.2, 0) is 0 Å². The smallest absolute Gasteiger partial charge is 0.255 e. The first kappa shape index (κ1) is 12.4. The summed E-state index contributed by atoms with van der Waals surface area (Å²) in [5.74, 6) is -0.0126. The van der Waals surface area contributed by atoms with Crippen LogP contribution >= 0.6 is 0 Å². The average molecular weight is 222 g/mol. The van der Waals surface area contributed by atoms with E-state index in [4.69, 9.17) is 5.73 Å². The number of nitrogen functional groups attached to an aromatic ring is 1. The molecule has 0 bridgehead atoms. The van der Waals surface area contributed by atoms with Crippen molar-refractivity contribution in [3.63, 3.8) is 0 Å². The molecule has 1 amide bonds. The van der Waals surface area contributed by atoms with E-state index in [0.717, 1.165) is 6.42 Å². The van der Waals surface area contributed by atoms with Crippen LogP contribution in [0.25, 0.3) is 0 Å². The third-order valence-corrected chi connectivity index (χ3v) is 2.62. The van der Waals surface area contributed by atoms with Gasteiger partial charge in [0.05, 0.1) is 11.3 Å². The Bertz CT molecular complexity index is 377. The molecule has 1 unspecified atom stereocenters. The van der Waals surface area contributed by atoms with Crippen molar-refractivity contribution in [3.8, 4) is 5.75 Å². The summed E-state index contributed by atoms with van der Waals surface area (Å²) in [5.41, 5.74) is 5.95. The maximum atomic E-state index is 11.7. The predicted octanol–water partition coefficient (Wildman–Crippen LogP) is 1.75. The highest BCUT2D eigenvalue weighted by molar-refractivity contribution is 5.98. The molecule has 16 heavy (non-hydrogen) atoms. The molecule has 0 aliphatic rings. The summed E-state index contributed by atoms with van der Waals surface area (Å²) in [6, 6.07) is 4.76. The van der Waals surface area contributed by atoms with Gasteiger partial charge in [-0.25, -0.2) is 0 Å². The number of phenolic OH excluding ortho intramolecular Hbond substituents is 1. The number of nitrogens with two attached hydrogens (primary N) is 1. The molecule has 0 heterocycles. The first-order chi connectivity index (χ1) is 7.56. The Hall–Kier alpha value is -1.71. The quantitative estimate of drug-likeness (QED) is 0.536. The molecule has 1 aromatic carbocycles. The molecule has 0 aliphatic carbocycles. The fraction of sp³-hybridized carbons (Fsp3) is 0.417. The summed E-state index contributed by atoms with van der Waals surface area (Å²) < 4.78 is 0. The zero-order chi connectivity index (χ0) is 12.1. The Morgan fingerprint density at radius 2 is 2.25 bits per heavy atom. The van der Waals surface area contributed by atoms with E-state index in [-0.39, 0.29) is 22.9 Å². The lowest BCUT2D eigenvalue weighted by atomic mass is 10.1. The van der Waals surface area contributed by atoms with Crippen molar-refractivity contribution >= 4 is 11.6 Å². The molecule has 0 radical (unpaired) electrons. The van der Waals surface area contributed by atoms with Gasteiger partial charge in [0.2, 0.25) is 0 Å². The maximum absolute atomic E-state index is 11.7. The van der Waals surface area contributed by atoms with Crippen LogP contribution in [0.2, 0.25) is 0 Å². The van der Waals surface area contributed by atoms with Crippen molar-refractivity contribution in [2.24, 2.45) is 5.92 Å². The van der Waals surface area contributed by atoms with E-state index in [9.17, 15) is 9.90 Å². The summed E-state index contributed by atoms with van der Waals surface area (Å²) in [7, 11) is 0. The van der Waals surface area contributed by atoms with Crippen LogP contribution in [0.5, 0.6) is 5.75 Å². The number of phenols is 1. The highest BCUT2D eigenvalue weighted by Gasteiger charge is 2.12. The second-order valence-corrected chi connectivity index (χ2v) is 3.97. The van der Waals surface area contributed by atoms with Gasteiger partial charge in [-0.2, -0.15) is 0 Å². The Labute approximate surface area is 95.5 Å². The Morgan fingerprint density at radius 1 is 1.56 bits per heavy atom. The number of rotatable bonds is 4. The second-order valence-electron chi connectivity index (χ2n) is 3.97. The van der Waals surface area contributed by atoms with Gasteiger partial charge in [0, 0.05) is 6.54 Å². The molecular weight excluding hydrogens is 204 g/mol. The van der Waals surface area contributed by atoms with Crippen molar-refractivity contribution in [1.82, 2.24) is 5.32 Å². The van der Waals surface area contributed by atoms with E-state index in [2.05, 4.69) is 19.2 Å². The average Bonchev–Trinajstić information content (AvgIpc) is 2.29. The normalized spacial score (nSPS) is 12.1. The van der Waals surface area contributed by atoms with Gasteiger partial charge >= 0.3 is 0 Å². The number of anilines is 1. The highest BCUT2D eigenvalue weighted by Crippen LogP contribution is 2.24. The number of hydrogen-bond donors (Lipinski definition) is 3. The largest absolute Gasteiger partial charge is 0.505 e. The van der Waals surface area contributed by atoms with Crippen LogP contribution in [0.3, 0.4) is 0 Å². The zero-order valence-corrected chi connectivity index (χ0v) is 9.66. The Morgan fingerprint density at radius 3 is 2.88 bits per heavy atom. The summed E-state index contributed by atoms with van der Waals surface area (Å²) in [6.07, 6.45) is 1.00. The molecular formula is C12H18N2O2. The van der Waals surface area contributed by atoms with Gasteiger partial charge in [-0.15, -0.1) is 0 Å². The Balaban J connectivity index is 2.70. The van der Waals surface area contributed by atoms with Crippen LogP contribution in [0.15, 0.2) is 18.2 Å². The fourth-order valence-corrected chi connectivity index (χ4v) is 1.25. The molecule has 4 heteroatoms. The number of carbonyl (C=O) groups excluding carboxylic acids is 1. The molecule has 0 saturated carbocycles. The topological polar surface area (TPSA) is 75.4 Å². The molecule has 0 fully saturated rings. The van der Waals surface area contributed by atoms with Crippen molar-refractivity contribution in [3.05, 3.63) is 23.8 Å². The zero-order valence-electron chi connectivity index (χ0n) is 9.66. The number of nitrogens with one attached hydrogen (secondary N) is 1. The minimum Gasteiger partial charge on any atom is -0.505 e. The van der Waals surface area contributed by atoms with Crippen LogP contribution in [0.4, 0.5) is 5.69 Å². The number of aromatic hydroxyl groups is 1. The van der Waals surface area contributed by atoms with Crippen LogP contribution in [0.1, 0.15) is 30.6 Å². The standard InChI is InChI=1S/C12H18N2O2/c1-3-8(2)7-14-12(16)9-5-4-6-10(13)11(9)15/h4-6,8,15H,3,7,13H2,1-2H3,(H,14,16). The van der Waals surface area contributed by atoms with Crippen molar-refractivity contribution < 1.29 is 9.90 Å². The monoisotopic (exact) mass is 222 g/mol. The lowest BCUT2D eigenvalue weighted by Gasteiger charge is -2.11. The summed E-state index contributed by atoms with van der Waals surface area (Å²) in [6.45, 7) is 4.72. The molecule has 1 atom stereocenters. The van der Waals surface area contributed by atoms with Gasteiger partial charge in [0.25, 0.3) is 5.91 Å². The Kier molecular flexibility index (Phi) is 4.17. The van der Waals surface area contributed by atoms with E-state index in [1.165, 1.54) is 0 Å². The predicted molar refractivity (Wildman–Crippen MR) is 64.3 cm³/mol. The van der Waals surface area contributed by atoms with E-state index < -0.39 is 0 Å². The number of amides is 1. The van der Waals surface area contributed by atoms with Crippen molar-refractivity contribution in [2.75, 3.05) is 12.3 Å². The number of benzene rings is 1. The summed E-state index contributed by atoms with van der Waals surface area (Å²) in [5, 5.41) is 12.4. The molecule has 1 aromatic rings. The van der Waals surface area contributed by atoms with Gasteiger partial charge in [-0.05, 0) is 18.1 Å². The lowest BCUT2D eigenvalue weighted by molar-refractivity contribution is 0.0945. The number of para-hydroxylation sites is 1. The second kappa shape index (κ2) is 5.39. The van der Waals surface area contributed by atoms with Crippen molar-refractivity contribution in [2.45, 2.75) is 20.3 Å². The van der Waals surface area contributed by atoms with Gasteiger partial charge in [0.1, 0.15) is 0 Å². The van der Waals surface area contributed by atoms with Crippen LogP contribution < -0.4 is 11.1 Å². The van der Waals surface area contributed by atoms with E-state index in [1.54, 1.807) is 18.2 Å². The fourth-order valence-electron chi connectivity index (χ4n) is 1.25. The molecule has 88 valence electrons. The summed E-state index contributed by atoms with van der Waals surface area (Å²) >= 11 is 0. The molecule has 0 aromatic heterocycles. The van der Waals surface area contributed by atoms with Crippen LogP contribution in [-0.4, -0.2) is 17.6 Å². The molecule has 1 rings (SSSR count). The number of carbonyl (C=O) groups is 1. The third kappa shape index (κ3) is 2.89. The van der Waals surface area contributed by atoms with E-state index >= 15 is 0 Å². The lowest BCUT2D eigenvalue weighted by Crippen LogP contribution is -2.28. The van der Waals surface area contributed by atoms with Gasteiger partial charge < -0.3 is 16.2 Å². The van der Waals surface area contributed by atoms with E-state index in [1.807, 2.05) is 0 Å². The van der Waals surface area contributed by atoms with Crippen molar-refractivity contribution in [1.29, 1.82) is 0 Å².